The third-order valence-corrected chi connectivity index (χ3v) is 10.0. The highest BCUT2D eigenvalue weighted by Crippen LogP contribution is 2.72. The normalized spacial score (nSPS) is 38.9. The molecule has 2 bridgehead atoms. The summed E-state index contributed by atoms with van der Waals surface area (Å²) in [7, 11) is 5.65. The molecule has 1 amide bonds. The van der Waals surface area contributed by atoms with Gasteiger partial charge in [-0.2, -0.15) is 0 Å². The lowest BCUT2D eigenvalue weighted by atomic mass is 9.60. The minimum absolute atomic E-state index is 0.152. The van der Waals surface area contributed by atoms with Gasteiger partial charge >= 0.3 is 11.9 Å². The molecule has 4 aliphatic heterocycles. The summed E-state index contributed by atoms with van der Waals surface area (Å²) in [4.78, 5) is 44.7. The van der Waals surface area contributed by atoms with E-state index in [-0.39, 0.29) is 23.5 Å². The number of carbonyl (C=O) groups excluding carboxylic acids is 3. The van der Waals surface area contributed by atoms with Crippen LogP contribution in [0.3, 0.4) is 0 Å². The Kier molecular flexibility index (Phi) is 5.91. The number of fused-ring (bicyclic) bond motifs is 8. The van der Waals surface area contributed by atoms with Crippen LogP contribution >= 0.6 is 0 Å². The fourth-order valence-corrected chi connectivity index (χ4v) is 8.40. The van der Waals surface area contributed by atoms with Crippen molar-refractivity contribution in [2.45, 2.75) is 41.9 Å². The summed E-state index contributed by atoms with van der Waals surface area (Å²) in [6.07, 6.45) is -3.07. The maximum absolute atomic E-state index is 14.0. The molecule has 0 radical (unpaired) electrons. The Morgan fingerprint density at radius 1 is 1.05 bits per heavy atom. The topological polar surface area (TPSA) is 150 Å². The van der Waals surface area contributed by atoms with Crippen molar-refractivity contribution in [3.63, 3.8) is 0 Å². The van der Waals surface area contributed by atoms with Crippen molar-refractivity contribution in [3.05, 3.63) is 53.6 Å². The van der Waals surface area contributed by atoms with Crippen LogP contribution in [0.25, 0.3) is 0 Å². The zero-order valence-electron chi connectivity index (χ0n) is 23.4. The molecule has 5 aliphatic rings. The minimum Gasteiger partial charge on any atom is -0.496 e. The molecule has 7 rings (SSSR count). The highest BCUT2D eigenvalue weighted by Gasteiger charge is 2.83. The molecule has 1 aliphatic carbocycles. The van der Waals surface area contributed by atoms with E-state index < -0.39 is 76.9 Å². The standard InChI is InChI=1S/C30H31NO11/c1-31(39-4)26(33)21-22(13-8-6-5-7-9-13)30(15-12-16-19-20(24(15)40-16)28(35)41-27(19)34)29(36,25(21)32)23-17(38-3)10-14(37-2)11-18(23)42-30/h5-11,15-16,19-22,24-25,32,36H,12H2,1-4H3/t15?,16?,19?,20?,21-,22?,24?,25-,29+,30?/m1/s1. The van der Waals surface area contributed by atoms with Gasteiger partial charge in [0.05, 0.1) is 56.9 Å². The van der Waals surface area contributed by atoms with Gasteiger partial charge in [0, 0.05) is 31.0 Å². The molecule has 7 unspecified atom stereocenters. The fraction of sp³-hybridized carbons (Fsp3) is 0.500. The number of nitrogens with zero attached hydrogens (tertiary/aromatic N) is 1. The van der Waals surface area contributed by atoms with Crippen LogP contribution in [0.5, 0.6) is 17.2 Å². The SMILES string of the molecule is COc1cc(OC)c2c(c1)OC1(C3CC4OC3C3C(=O)OC(=O)C43)C(c3ccccc3)[C@@H](C(=O)N(C)OC)[C@@H](O)[C@@]21O. The Hall–Kier alpha value is -3.71. The van der Waals surface area contributed by atoms with Crippen LogP contribution in [0.4, 0.5) is 0 Å². The number of hydrogen-bond donors (Lipinski definition) is 2. The molecule has 42 heavy (non-hydrogen) atoms. The molecule has 4 heterocycles. The Morgan fingerprint density at radius 3 is 2.43 bits per heavy atom. The molecule has 1 saturated carbocycles. The zero-order chi connectivity index (χ0) is 29.7. The number of cyclic esters (lactones) is 2. The molecule has 0 spiro atoms. The van der Waals surface area contributed by atoms with E-state index >= 15 is 0 Å². The number of rotatable bonds is 6. The van der Waals surface area contributed by atoms with Crippen molar-refractivity contribution in [2.24, 2.45) is 23.7 Å². The molecule has 3 saturated heterocycles. The largest absolute Gasteiger partial charge is 0.496 e. The highest BCUT2D eigenvalue weighted by molar-refractivity contribution is 5.98. The first-order valence-corrected chi connectivity index (χ1v) is 13.8. The first-order valence-electron chi connectivity index (χ1n) is 13.8. The van der Waals surface area contributed by atoms with E-state index in [9.17, 15) is 24.6 Å². The van der Waals surface area contributed by atoms with Gasteiger partial charge in [0.25, 0.3) is 5.91 Å². The van der Waals surface area contributed by atoms with Gasteiger partial charge in [0.2, 0.25) is 0 Å². The van der Waals surface area contributed by atoms with Gasteiger partial charge in [-0.25, -0.2) is 5.06 Å². The molecule has 222 valence electrons. The van der Waals surface area contributed by atoms with Gasteiger partial charge in [-0.3, -0.25) is 19.2 Å². The number of carbonyl (C=O) groups is 3. The molecule has 12 heteroatoms. The lowest BCUT2D eigenvalue weighted by Crippen LogP contribution is -2.62. The molecule has 0 aromatic heterocycles. The maximum atomic E-state index is 14.0. The van der Waals surface area contributed by atoms with E-state index in [0.29, 0.717) is 11.3 Å². The van der Waals surface area contributed by atoms with Crippen molar-refractivity contribution in [3.8, 4) is 17.2 Å². The van der Waals surface area contributed by atoms with Crippen LogP contribution in [0.15, 0.2) is 42.5 Å². The van der Waals surface area contributed by atoms with E-state index in [1.807, 2.05) is 6.07 Å². The zero-order valence-corrected chi connectivity index (χ0v) is 23.4. The summed E-state index contributed by atoms with van der Waals surface area (Å²) in [5, 5.41) is 26.3. The molecular weight excluding hydrogens is 550 g/mol. The molecule has 2 aromatic rings. The van der Waals surface area contributed by atoms with E-state index in [1.54, 1.807) is 36.4 Å². The quantitative estimate of drug-likeness (QED) is 0.285. The van der Waals surface area contributed by atoms with Crippen LogP contribution in [0.1, 0.15) is 23.5 Å². The summed E-state index contributed by atoms with van der Waals surface area (Å²) in [6.45, 7) is 0. The number of hydrogen-bond acceptors (Lipinski definition) is 11. The summed E-state index contributed by atoms with van der Waals surface area (Å²) in [6, 6.07) is 12.2. The average molecular weight is 582 g/mol. The Morgan fingerprint density at radius 2 is 1.76 bits per heavy atom. The second kappa shape index (κ2) is 9.14. The van der Waals surface area contributed by atoms with E-state index in [0.717, 1.165) is 5.06 Å². The smallest absolute Gasteiger partial charge is 0.320 e. The third kappa shape index (κ3) is 3.12. The number of esters is 2. The maximum Gasteiger partial charge on any atom is 0.320 e. The van der Waals surface area contributed by atoms with E-state index in [1.165, 1.54) is 28.4 Å². The minimum atomic E-state index is -2.24. The van der Waals surface area contributed by atoms with Gasteiger partial charge in [-0.05, 0) is 12.0 Å². The van der Waals surface area contributed by atoms with Gasteiger partial charge in [0.1, 0.15) is 23.4 Å². The summed E-state index contributed by atoms with van der Waals surface area (Å²) < 4.78 is 29.3. The first kappa shape index (κ1) is 27.1. The van der Waals surface area contributed by atoms with Crippen molar-refractivity contribution >= 4 is 17.8 Å². The predicted molar refractivity (Wildman–Crippen MR) is 140 cm³/mol. The molecule has 4 fully saturated rings. The molecule has 2 N–H and O–H groups in total. The number of aliphatic hydroxyl groups excluding tert-OH is 1. The first-order chi connectivity index (χ1) is 20.1. The summed E-state index contributed by atoms with van der Waals surface area (Å²) >= 11 is 0. The number of aliphatic hydroxyl groups is 2. The van der Waals surface area contributed by atoms with Crippen molar-refractivity contribution in [1.82, 2.24) is 5.06 Å². The third-order valence-electron chi connectivity index (χ3n) is 10.0. The highest BCUT2D eigenvalue weighted by atomic mass is 16.7. The summed E-state index contributed by atoms with van der Waals surface area (Å²) in [5.74, 6) is -5.80. The Balaban J connectivity index is 1.51. The number of hydroxylamine groups is 2. The fourth-order valence-electron chi connectivity index (χ4n) is 8.40. The number of amides is 1. The van der Waals surface area contributed by atoms with Crippen LogP contribution < -0.4 is 14.2 Å². The Labute approximate surface area is 240 Å². The van der Waals surface area contributed by atoms with Crippen LogP contribution in [-0.2, 0) is 34.3 Å². The van der Waals surface area contributed by atoms with Crippen molar-refractivity contribution in [1.29, 1.82) is 0 Å². The second-order valence-corrected chi connectivity index (χ2v) is 11.5. The van der Waals surface area contributed by atoms with Crippen LogP contribution in [0.2, 0.25) is 0 Å². The average Bonchev–Trinajstić information content (AvgIpc) is 3.77. The lowest BCUT2D eigenvalue weighted by molar-refractivity contribution is -0.186. The number of methoxy groups -OCH3 is 2. The van der Waals surface area contributed by atoms with Gasteiger partial charge in [0.15, 0.2) is 11.2 Å². The van der Waals surface area contributed by atoms with Crippen molar-refractivity contribution in [2.75, 3.05) is 28.4 Å². The van der Waals surface area contributed by atoms with Crippen molar-refractivity contribution < 1.29 is 53.1 Å². The van der Waals surface area contributed by atoms with Gasteiger partial charge in [-0.1, -0.05) is 30.3 Å². The van der Waals surface area contributed by atoms with Gasteiger partial charge < -0.3 is 33.9 Å². The molecule has 2 aromatic carbocycles. The van der Waals surface area contributed by atoms with E-state index in [2.05, 4.69) is 0 Å². The van der Waals surface area contributed by atoms with Crippen LogP contribution in [-0.4, -0.2) is 85.4 Å². The second-order valence-electron chi connectivity index (χ2n) is 11.5. The Bertz CT molecular complexity index is 1480. The number of ether oxygens (including phenoxy) is 5. The number of benzene rings is 2. The summed E-state index contributed by atoms with van der Waals surface area (Å²) in [5.41, 5.74) is -3.24. The lowest BCUT2D eigenvalue weighted by Gasteiger charge is -2.47. The molecule has 10 atom stereocenters. The van der Waals surface area contributed by atoms with E-state index in [4.69, 9.17) is 28.5 Å². The predicted octanol–water partition coefficient (Wildman–Crippen LogP) is 0.920. The van der Waals surface area contributed by atoms with Crippen LogP contribution in [0, 0.1) is 23.7 Å². The molecule has 12 nitrogen and oxygen atoms in total. The monoisotopic (exact) mass is 581 g/mol. The molecular formula is C30H31NO11. The van der Waals surface area contributed by atoms with Gasteiger partial charge in [-0.15, -0.1) is 0 Å².